The first-order valence-corrected chi connectivity index (χ1v) is 6.88. The third-order valence-corrected chi connectivity index (χ3v) is 4.60. The monoisotopic (exact) mass is 317 g/mol. The molecule has 1 N–H and O–H groups in total. The average Bonchev–Trinajstić information content (AvgIpc) is 2.69. The minimum atomic E-state index is -0.986. The second-order valence-electron chi connectivity index (χ2n) is 3.28. The molecule has 84 valence electrons. The van der Waals surface area contributed by atoms with Crippen molar-refractivity contribution in [2.75, 3.05) is 0 Å². The van der Waals surface area contributed by atoms with Gasteiger partial charge in [0.2, 0.25) is 0 Å². The third kappa shape index (κ3) is 2.05. The molecule has 0 aliphatic carbocycles. The van der Waals surface area contributed by atoms with E-state index in [0.717, 1.165) is 15.3 Å². The molecule has 0 spiro atoms. The molecule has 2 rings (SSSR count). The van der Waals surface area contributed by atoms with E-state index in [1.165, 1.54) is 16.2 Å². The number of rotatable bonds is 2. The van der Waals surface area contributed by atoms with Crippen LogP contribution in [0.5, 0.6) is 0 Å². The van der Waals surface area contributed by atoms with Crippen LogP contribution in [0.4, 0.5) is 0 Å². The van der Waals surface area contributed by atoms with E-state index in [2.05, 4.69) is 20.9 Å². The second-order valence-corrected chi connectivity index (χ2v) is 7.01. The zero-order valence-electron chi connectivity index (χ0n) is 8.57. The van der Waals surface area contributed by atoms with Crippen LogP contribution in [0.2, 0.25) is 0 Å². The standard InChI is InChI=1S/C10H8BrNO2S2/c1-4-3-6(5(2)15-4)8-7(9(13)14)12-10(11)16-8/h3H,1-2H3,(H,13,14). The fourth-order valence-electron chi connectivity index (χ4n) is 1.48. The smallest absolute Gasteiger partial charge is 0.356 e. The van der Waals surface area contributed by atoms with Crippen molar-refractivity contribution in [2.24, 2.45) is 0 Å². The third-order valence-electron chi connectivity index (χ3n) is 2.09. The van der Waals surface area contributed by atoms with E-state index in [0.29, 0.717) is 3.92 Å². The SMILES string of the molecule is Cc1cc(-c2sc(Br)nc2C(=O)O)c(C)s1. The molecule has 2 aromatic heterocycles. The summed E-state index contributed by atoms with van der Waals surface area (Å²) in [6.07, 6.45) is 0. The summed E-state index contributed by atoms with van der Waals surface area (Å²) in [5, 5.41) is 9.06. The lowest BCUT2D eigenvalue weighted by Crippen LogP contribution is -1.98. The molecule has 0 amide bonds. The van der Waals surface area contributed by atoms with Gasteiger partial charge in [-0.25, -0.2) is 9.78 Å². The van der Waals surface area contributed by atoms with Crippen LogP contribution in [0.3, 0.4) is 0 Å². The van der Waals surface area contributed by atoms with Crippen LogP contribution in [0, 0.1) is 13.8 Å². The Balaban J connectivity index is 2.63. The van der Waals surface area contributed by atoms with Crippen LogP contribution in [0.25, 0.3) is 10.4 Å². The lowest BCUT2D eigenvalue weighted by atomic mass is 10.2. The molecule has 0 aromatic carbocycles. The summed E-state index contributed by atoms with van der Waals surface area (Å²) in [5.74, 6) is -0.986. The van der Waals surface area contributed by atoms with Crippen LogP contribution < -0.4 is 0 Å². The number of nitrogens with zero attached hydrogens (tertiary/aromatic N) is 1. The van der Waals surface area contributed by atoms with E-state index in [4.69, 9.17) is 5.11 Å². The van der Waals surface area contributed by atoms with E-state index in [9.17, 15) is 4.79 Å². The fourth-order valence-corrected chi connectivity index (χ4v) is 3.99. The first-order valence-electron chi connectivity index (χ1n) is 4.46. The Morgan fingerprint density at radius 1 is 1.44 bits per heavy atom. The van der Waals surface area contributed by atoms with Crippen molar-refractivity contribution in [1.82, 2.24) is 4.98 Å². The quantitative estimate of drug-likeness (QED) is 0.912. The van der Waals surface area contributed by atoms with Crippen LogP contribution in [0.15, 0.2) is 9.98 Å². The Bertz CT molecular complexity index is 559. The van der Waals surface area contributed by atoms with Gasteiger partial charge in [-0.3, -0.25) is 0 Å². The van der Waals surface area contributed by atoms with Gasteiger partial charge in [0.1, 0.15) is 0 Å². The first-order chi connectivity index (χ1) is 7.49. The van der Waals surface area contributed by atoms with Crippen molar-refractivity contribution in [1.29, 1.82) is 0 Å². The summed E-state index contributed by atoms with van der Waals surface area (Å²) in [7, 11) is 0. The van der Waals surface area contributed by atoms with Gasteiger partial charge in [-0.1, -0.05) is 0 Å². The minimum Gasteiger partial charge on any atom is -0.476 e. The van der Waals surface area contributed by atoms with E-state index in [1.54, 1.807) is 11.3 Å². The van der Waals surface area contributed by atoms with Crippen LogP contribution >= 0.6 is 38.6 Å². The van der Waals surface area contributed by atoms with Gasteiger partial charge in [-0.15, -0.1) is 22.7 Å². The molecule has 2 heterocycles. The molecule has 0 saturated heterocycles. The number of aromatic nitrogens is 1. The van der Waals surface area contributed by atoms with Crippen LogP contribution in [-0.4, -0.2) is 16.1 Å². The lowest BCUT2D eigenvalue weighted by Gasteiger charge is -1.96. The molecular weight excluding hydrogens is 310 g/mol. The second kappa shape index (κ2) is 4.27. The van der Waals surface area contributed by atoms with Gasteiger partial charge >= 0.3 is 5.97 Å². The number of hydrogen-bond acceptors (Lipinski definition) is 4. The molecule has 0 aliphatic heterocycles. The van der Waals surface area contributed by atoms with Gasteiger partial charge in [0.15, 0.2) is 9.61 Å². The van der Waals surface area contributed by atoms with Crippen molar-refractivity contribution >= 4 is 44.6 Å². The van der Waals surface area contributed by atoms with Gasteiger partial charge in [0, 0.05) is 15.3 Å². The fraction of sp³-hybridized carbons (Fsp3) is 0.200. The maximum Gasteiger partial charge on any atom is 0.356 e. The van der Waals surface area contributed by atoms with Crippen molar-refractivity contribution in [3.8, 4) is 10.4 Å². The maximum atomic E-state index is 11.1. The van der Waals surface area contributed by atoms with Gasteiger partial charge in [0.25, 0.3) is 0 Å². The van der Waals surface area contributed by atoms with Gasteiger partial charge in [-0.2, -0.15) is 0 Å². The largest absolute Gasteiger partial charge is 0.476 e. The number of thiazole rings is 1. The molecule has 6 heteroatoms. The number of halogens is 1. The summed E-state index contributed by atoms with van der Waals surface area (Å²) in [6, 6.07) is 2.01. The molecular formula is C10H8BrNO2S2. The highest BCUT2D eigenvalue weighted by atomic mass is 79.9. The highest BCUT2D eigenvalue weighted by molar-refractivity contribution is 9.11. The topological polar surface area (TPSA) is 50.2 Å². The highest BCUT2D eigenvalue weighted by Gasteiger charge is 2.20. The van der Waals surface area contributed by atoms with Crippen molar-refractivity contribution in [3.05, 3.63) is 25.4 Å². The van der Waals surface area contributed by atoms with E-state index in [1.807, 2.05) is 19.9 Å². The molecule has 16 heavy (non-hydrogen) atoms. The van der Waals surface area contributed by atoms with Crippen molar-refractivity contribution in [3.63, 3.8) is 0 Å². The summed E-state index contributed by atoms with van der Waals surface area (Å²) < 4.78 is 0.600. The molecule has 0 fully saturated rings. The summed E-state index contributed by atoms with van der Waals surface area (Å²) in [6.45, 7) is 4.00. The number of aryl methyl sites for hydroxylation is 2. The zero-order valence-corrected chi connectivity index (χ0v) is 11.8. The van der Waals surface area contributed by atoms with Gasteiger partial charge < -0.3 is 5.11 Å². The Hall–Kier alpha value is -0.720. The number of aromatic carboxylic acids is 1. The minimum absolute atomic E-state index is 0.123. The zero-order chi connectivity index (χ0) is 11.9. The van der Waals surface area contributed by atoms with Crippen LogP contribution in [0.1, 0.15) is 20.2 Å². The Morgan fingerprint density at radius 3 is 2.62 bits per heavy atom. The number of carboxylic acid groups (broad SMARTS) is 1. The molecule has 0 unspecified atom stereocenters. The maximum absolute atomic E-state index is 11.1. The van der Waals surface area contributed by atoms with Crippen LogP contribution in [-0.2, 0) is 0 Å². The first kappa shape index (κ1) is 11.8. The molecule has 0 bridgehead atoms. The molecule has 0 aliphatic rings. The van der Waals surface area contributed by atoms with Gasteiger partial charge in [0.05, 0.1) is 4.88 Å². The lowest BCUT2D eigenvalue weighted by molar-refractivity contribution is 0.0692. The van der Waals surface area contributed by atoms with Crippen molar-refractivity contribution < 1.29 is 9.90 Å². The average molecular weight is 318 g/mol. The molecule has 2 aromatic rings. The molecule has 0 atom stereocenters. The predicted octanol–water partition coefficient (Wildman–Crippen LogP) is 3.95. The molecule has 0 saturated carbocycles. The Kier molecular flexibility index (Phi) is 3.14. The number of thiophene rings is 1. The summed E-state index contributed by atoms with van der Waals surface area (Å²) in [4.78, 5) is 18.0. The van der Waals surface area contributed by atoms with Gasteiger partial charge in [-0.05, 0) is 35.8 Å². The molecule has 0 radical (unpaired) electrons. The Morgan fingerprint density at radius 2 is 2.12 bits per heavy atom. The van der Waals surface area contributed by atoms with E-state index < -0.39 is 5.97 Å². The predicted molar refractivity (Wildman–Crippen MR) is 69.6 cm³/mol. The normalized spacial score (nSPS) is 10.7. The van der Waals surface area contributed by atoms with E-state index in [-0.39, 0.29) is 5.69 Å². The number of carboxylic acids is 1. The Labute approximate surface area is 109 Å². The molecule has 3 nitrogen and oxygen atoms in total. The summed E-state index contributed by atoms with van der Waals surface area (Å²) in [5.41, 5.74) is 1.10. The van der Waals surface area contributed by atoms with Crippen molar-refractivity contribution in [2.45, 2.75) is 13.8 Å². The number of hydrogen-bond donors (Lipinski definition) is 1. The highest BCUT2D eigenvalue weighted by Crippen LogP contribution is 2.38. The summed E-state index contributed by atoms with van der Waals surface area (Å²) >= 11 is 6.25. The van der Waals surface area contributed by atoms with E-state index >= 15 is 0 Å². The number of carbonyl (C=O) groups is 1.